The molecule has 4 rings (SSSR count). The van der Waals surface area contributed by atoms with E-state index in [1.54, 1.807) is 0 Å². The summed E-state index contributed by atoms with van der Waals surface area (Å²) in [4.78, 5) is 0. The molecule has 0 N–H and O–H groups in total. The summed E-state index contributed by atoms with van der Waals surface area (Å²) >= 11 is 0. The van der Waals surface area contributed by atoms with Gasteiger partial charge in [0.2, 0.25) is 0 Å². The van der Waals surface area contributed by atoms with Gasteiger partial charge < -0.3 is 0 Å². The van der Waals surface area contributed by atoms with Gasteiger partial charge in [0.1, 0.15) is 11.2 Å². The van der Waals surface area contributed by atoms with Crippen LogP contribution in [0.1, 0.15) is 22.3 Å². The van der Waals surface area contributed by atoms with Crippen molar-refractivity contribution in [2.45, 2.75) is 27.7 Å². The Morgan fingerprint density at radius 1 is 0.833 bits per heavy atom. The van der Waals surface area contributed by atoms with Crippen molar-refractivity contribution >= 4 is 21.9 Å². The second kappa shape index (κ2) is 5.20. The molecule has 24 heavy (non-hydrogen) atoms. The van der Waals surface area contributed by atoms with Crippen molar-refractivity contribution in [3.8, 4) is 5.69 Å². The van der Waals surface area contributed by atoms with E-state index in [0.29, 0.717) is 0 Å². The van der Waals surface area contributed by atoms with Crippen molar-refractivity contribution in [3.05, 3.63) is 70.9 Å². The molecule has 0 radical (unpaired) electrons. The van der Waals surface area contributed by atoms with Crippen molar-refractivity contribution in [2.75, 3.05) is 0 Å². The predicted octanol–water partition coefficient (Wildman–Crippen LogP) is 4.84. The van der Waals surface area contributed by atoms with Crippen LogP contribution in [0.2, 0.25) is 0 Å². The Bertz CT molecular complexity index is 1100. The first-order valence-corrected chi connectivity index (χ1v) is 8.45. The minimum atomic E-state index is 1.25. The number of nitrogens with zero attached hydrogens (tertiary/aromatic N) is 2. The molecule has 0 spiro atoms. The number of fused-ring (bicyclic) bond motifs is 3. The average Bonchev–Trinajstić information content (AvgIpc) is 2.84. The molecule has 0 saturated carbocycles. The van der Waals surface area contributed by atoms with Gasteiger partial charge in [-0.25, -0.2) is 4.57 Å². The zero-order valence-corrected chi connectivity index (χ0v) is 15.0. The van der Waals surface area contributed by atoms with Crippen molar-refractivity contribution in [3.63, 3.8) is 0 Å². The molecule has 2 aromatic carbocycles. The van der Waals surface area contributed by atoms with E-state index in [-0.39, 0.29) is 0 Å². The normalized spacial score (nSPS) is 11.5. The number of hydrogen-bond donors (Lipinski definition) is 0. The van der Waals surface area contributed by atoms with Crippen molar-refractivity contribution in [1.29, 1.82) is 0 Å². The van der Waals surface area contributed by atoms with Gasteiger partial charge in [0.05, 0.1) is 18.6 Å². The number of pyridine rings is 1. The molecule has 0 atom stereocenters. The summed E-state index contributed by atoms with van der Waals surface area (Å²) in [6.07, 6.45) is 2.20. The van der Waals surface area contributed by atoms with E-state index in [4.69, 9.17) is 0 Å². The topological polar surface area (TPSA) is 8.81 Å². The molecule has 2 heterocycles. The highest BCUT2D eigenvalue weighted by Gasteiger charge is 2.23. The van der Waals surface area contributed by atoms with Crippen LogP contribution in [-0.2, 0) is 7.05 Å². The highest BCUT2D eigenvalue weighted by Crippen LogP contribution is 2.32. The molecular weight excluding hydrogens is 292 g/mol. The van der Waals surface area contributed by atoms with E-state index >= 15 is 0 Å². The first-order valence-electron chi connectivity index (χ1n) is 8.45. The first-order chi connectivity index (χ1) is 11.5. The molecule has 120 valence electrons. The Morgan fingerprint density at radius 3 is 2.42 bits per heavy atom. The Labute approximate surface area is 143 Å². The molecule has 2 heteroatoms. The summed E-state index contributed by atoms with van der Waals surface area (Å²) in [7, 11) is 2.14. The number of hydrogen-bond acceptors (Lipinski definition) is 0. The molecular formula is C22H23N2+. The maximum absolute atomic E-state index is 2.42. The van der Waals surface area contributed by atoms with Gasteiger partial charge in [0.25, 0.3) is 5.65 Å². The molecule has 0 aliphatic rings. The Kier molecular flexibility index (Phi) is 3.24. The molecule has 4 aromatic rings. The van der Waals surface area contributed by atoms with Crippen molar-refractivity contribution in [2.24, 2.45) is 7.05 Å². The lowest BCUT2D eigenvalue weighted by Gasteiger charge is -2.08. The van der Waals surface area contributed by atoms with E-state index in [0.717, 1.165) is 0 Å². The maximum atomic E-state index is 2.42. The van der Waals surface area contributed by atoms with Gasteiger partial charge in [0, 0.05) is 5.39 Å². The van der Waals surface area contributed by atoms with Crippen LogP contribution in [0.4, 0.5) is 0 Å². The van der Waals surface area contributed by atoms with Gasteiger partial charge in [-0.1, -0.05) is 18.2 Å². The van der Waals surface area contributed by atoms with Gasteiger partial charge in [-0.05, 0) is 74.2 Å². The summed E-state index contributed by atoms with van der Waals surface area (Å²) in [6, 6.07) is 15.6. The van der Waals surface area contributed by atoms with Crippen LogP contribution in [-0.4, -0.2) is 4.57 Å². The fourth-order valence-electron chi connectivity index (χ4n) is 3.75. The Hall–Kier alpha value is -2.61. The lowest BCUT2D eigenvalue weighted by Crippen LogP contribution is -2.31. The van der Waals surface area contributed by atoms with Crippen LogP contribution in [0.5, 0.6) is 0 Å². The second-order valence-corrected chi connectivity index (χ2v) is 6.94. The second-order valence-electron chi connectivity index (χ2n) is 6.94. The van der Waals surface area contributed by atoms with E-state index in [1.807, 2.05) is 0 Å². The standard InChI is InChI=1S/C22H23N2/c1-14-9-10-18-19-11-15(2)13-23(5)22(19)24(21(18)12-14)20-8-6-7-16(3)17(20)4/h6-13H,1-5H3/q+1. The highest BCUT2D eigenvalue weighted by atomic mass is 15.1. The van der Waals surface area contributed by atoms with Crippen LogP contribution in [0, 0.1) is 27.7 Å². The fraction of sp³-hybridized carbons (Fsp3) is 0.227. The largest absolute Gasteiger partial charge is 0.294 e. The number of benzene rings is 2. The zero-order valence-electron chi connectivity index (χ0n) is 15.0. The molecule has 0 bridgehead atoms. The Morgan fingerprint density at radius 2 is 1.62 bits per heavy atom. The van der Waals surface area contributed by atoms with Crippen LogP contribution in [0.25, 0.3) is 27.6 Å². The van der Waals surface area contributed by atoms with Gasteiger partial charge in [0.15, 0.2) is 0 Å². The third-order valence-electron chi connectivity index (χ3n) is 5.06. The molecule has 0 unspecified atom stereocenters. The predicted molar refractivity (Wildman–Crippen MR) is 101 cm³/mol. The highest BCUT2D eigenvalue weighted by molar-refractivity contribution is 6.07. The van der Waals surface area contributed by atoms with Crippen molar-refractivity contribution < 1.29 is 4.57 Å². The number of aryl methyl sites for hydroxylation is 4. The summed E-state index contributed by atoms with van der Waals surface area (Å²) in [5, 5.41) is 2.63. The van der Waals surface area contributed by atoms with Crippen LogP contribution in [0.15, 0.2) is 48.7 Å². The molecule has 2 aromatic heterocycles. The minimum Gasteiger partial charge on any atom is -0.236 e. The van der Waals surface area contributed by atoms with Crippen molar-refractivity contribution in [1.82, 2.24) is 4.57 Å². The van der Waals surface area contributed by atoms with Gasteiger partial charge in [-0.3, -0.25) is 0 Å². The van der Waals surface area contributed by atoms with Crippen LogP contribution in [0.3, 0.4) is 0 Å². The fourth-order valence-corrected chi connectivity index (χ4v) is 3.75. The lowest BCUT2D eigenvalue weighted by atomic mass is 10.1. The first kappa shape index (κ1) is 14.9. The van der Waals surface area contributed by atoms with E-state index in [9.17, 15) is 0 Å². The SMILES string of the molecule is Cc1ccc2c3cc(C)c[n+](C)c3n(-c3cccc(C)c3C)c2c1. The third-order valence-corrected chi connectivity index (χ3v) is 5.06. The number of rotatable bonds is 1. The molecule has 0 saturated heterocycles. The van der Waals surface area contributed by atoms with Crippen LogP contribution >= 0.6 is 0 Å². The van der Waals surface area contributed by atoms with E-state index in [2.05, 4.69) is 92.5 Å². The molecule has 0 amide bonds. The van der Waals surface area contributed by atoms with Gasteiger partial charge in [-0.2, -0.15) is 4.57 Å². The average molecular weight is 315 g/mol. The van der Waals surface area contributed by atoms with E-state index in [1.165, 1.54) is 49.9 Å². The van der Waals surface area contributed by atoms with E-state index < -0.39 is 0 Å². The zero-order chi connectivity index (χ0) is 17.0. The molecule has 0 aliphatic heterocycles. The summed E-state index contributed by atoms with van der Waals surface area (Å²) in [5.74, 6) is 0. The van der Waals surface area contributed by atoms with Gasteiger partial charge >= 0.3 is 0 Å². The van der Waals surface area contributed by atoms with Crippen LogP contribution < -0.4 is 4.57 Å². The maximum Gasteiger partial charge on any atom is 0.294 e. The van der Waals surface area contributed by atoms with Gasteiger partial charge in [-0.15, -0.1) is 0 Å². The third kappa shape index (κ3) is 2.06. The minimum absolute atomic E-state index is 1.25. The Balaban J connectivity index is 2.28. The quantitative estimate of drug-likeness (QED) is 0.444. The smallest absolute Gasteiger partial charge is 0.236 e. The summed E-state index contributed by atoms with van der Waals surface area (Å²) in [5.41, 5.74) is 9.01. The molecule has 2 nitrogen and oxygen atoms in total. The molecule has 0 fully saturated rings. The monoisotopic (exact) mass is 315 g/mol. The summed E-state index contributed by atoms with van der Waals surface area (Å²) < 4.78 is 4.67. The lowest BCUT2D eigenvalue weighted by molar-refractivity contribution is -0.647. The summed E-state index contributed by atoms with van der Waals surface area (Å²) in [6.45, 7) is 8.72. The molecule has 0 aliphatic carbocycles. The number of aromatic nitrogens is 2.